The third kappa shape index (κ3) is 2.66. The molecule has 84 valence electrons. The summed E-state index contributed by atoms with van der Waals surface area (Å²) in [6.45, 7) is 0.881. The summed E-state index contributed by atoms with van der Waals surface area (Å²) in [5, 5.41) is 18.4. The molecule has 2 heterocycles. The van der Waals surface area contributed by atoms with E-state index in [4.69, 9.17) is 0 Å². The summed E-state index contributed by atoms with van der Waals surface area (Å²) in [5.41, 5.74) is 1.34. The molecule has 0 aromatic carbocycles. The fraction of sp³-hybridized carbons (Fsp3) is 0.455. The van der Waals surface area contributed by atoms with Crippen LogP contribution in [0.5, 0.6) is 0 Å². The molecule has 1 N–H and O–H groups in total. The van der Waals surface area contributed by atoms with Gasteiger partial charge in [-0.05, 0) is 35.2 Å². The predicted octanol–water partition coefficient (Wildman–Crippen LogP) is 2.44. The van der Waals surface area contributed by atoms with Gasteiger partial charge in [0.15, 0.2) is 0 Å². The van der Waals surface area contributed by atoms with Gasteiger partial charge in [0, 0.05) is 19.0 Å². The number of aromatic nitrogens is 2. The maximum absolute atomic E-state index is 4.22. The Bertz CT molecular complexity index is 446. The van der Waals surface area contributed by atoms with E-state index in [9.17, 15) is 0 Å². The van der Waals surface area contributed by atoms with Crippen LogP contribution in [0.1, 0.15) is 28.4 Å². The maximum atomic E-state index is 4.22. The van der Waals surface area contributed by atoms with Gasteiger partial charge in [-0.25, -0.2) is 0 Å². The average Bonchev–Trinajstić information content (AvgIpc) is 2.78. The molecule has 0 bridgehead atoms. The summed E-state index contributed by atoms with van der Waals surface area (Å²) >= 11 is 3.45. The molecule has 0 aliphatic heterocycles. The Kier molecular flexibility index (Phi) is 2.99. The van der Waals surface area contributed by atoms with Gasteiger partial charge in [-0.2, -0.15) is 11.3 Å². The fourth-order valence-corrected chi connectivity index (χ4v) is 3.02. The van der Waals surface area contributed by atoms with Crippen LogP contribution in [0, 0.1) is 0 Å². The summed E-state index contributed by atoms with van der Waals surface area (Å²) in [4.78, 5) is 0. The number of nitrogens with one attached hydrogen (secondary N) is 1. The SMILES string of the molecule is c1cc(Cc2nnc(CNC3CC3)s2)cs1. The van der Waals surface area contributed by atoms with Crippen molar-refractivity contribution < 1.29 is 0 Å². The Balaban J connectivity index is 1.58. The lowest BCUT2D eigenvalue weighted by Crippen LogP contribution is -2.14. The average molecular weight is 251 g/mol. The zero-order valence-corrected chi connectivity index (χ0v) is 10.5. The van der Waals surface area contributed by atoms with Crippen LogP contribution in [0.25, 0.3) is 0 Å². The second-order valence-corrected chi connectivity index (χ2v) is 5.98. The van der Waals surface area contributed by atoms with E-state index in [1.165, 1.54) is 18.4 Å². The highest BCUT2D eigenvalue weighted by Gasteiger charge is 2.20. The standard InChI is InChI=1S/C11H13N3S2/c1-2-9(1)12-6-11-14-13-10(16-11)5-8-3-4-15-7-8/h3-4,7,9,12H,1-2,5-6H2. The Labute approximate surface area is 103 Å². The van der Waals surface area contributed by atoms with Crippen molar-refractivity contribution in [3.8, 4) is 0 Å². The van der Waals surface area contributed by atoms with Crippen LogP contribution in [0.15, 0.2) is 16.8 Å². The maximum Gasteiger partial charge on any atom is 0.131 e. The van der Waals surface area contributed by atoms with E-state index >= 15 is 0 Å². The number of thiophene rings is 1. The van der Waals surface area contributed by atoms with Gasteiger partial charge >= 0.3 is 0 Å². The van der Waals surface area contributed by atoms with Gasteiger partial charge in [0.05, 0.1) is 0 Å². The molecule has 0 unspecified atom stereocenters. The number of nitrogens with zero attached hydrogens (tertiary/aromatic N) is 2. The number of hydrogen-bond acceptors (Lipinski definition) is 5. The molecule has 0 amide bonds. The molecule has 0 saturated heterocycles. The van der Waals surface area contributed by atoms with Crippen molar-refractivity contribution >= 4 is 22.7 Å². The molecule has 5 heteroatoms. The molecule has 1 saturated carbocycles. The van der Waals surface area contributed by atoms with Gasteiger partial charge in [0.25, 0.3) is 0 Å². The largest absolute Gasteiger partial charge is 0.308 e. The van der Waals surface area contributed by atoms with E-state index < -0.39 is 0 Å². The van der Waals surface area contributed by atoms with Gasteiger partial charge in [-0.15, -0.1) is 10.2 Å². The Hall–Kier alpha value is -0.780. The molecule has 1 fully saturated rings. The molecular formula is C11H13N3S2. The van der Waals surface area contributed by atoms with Crippen molar-refractivity contribution in [3.63, 3.8) is 0 Å². The highest BCUT2D eigenvalue weighted by Crippen LogP contribution is 2.21. The van der Waals surface area contributed by atoms with E-state index in [2.05, 4.69) is 32.3 Å². The molecule has 1 aliphatic rings. The van der Waals surface area contributed by atoms with Crippen LogP contribution in [-0.4, -0.2) is 16.2 Å². The van der Waals surface area contributed by atoms with Crippen molar-refractivity contribution in [2.45, 2.75) is 31.8 Å². The minimum absolute atomic E-state index is 0.740. The quantitative estimate of drug-likeness (QED) is 0.887. The van der Waals surface area contributed by atoms with Crippen LogP contribution < -0.4 is 5.32 Å². The van der Waals surface area contributed by atoms with E-state index in [0.29, 0.717) is 0 Å². The van der Waals surface area contributed by atoms with E-state index in [1.54, 1.807) is 22.7 Å². The molecule has 16 heavy (non-hydrogen) atoms. The molecular weight excluding hydrogens is 238 g/mol. The highest BCUT2D eigenvalue weighted by molar-refractivity contribution is 7.11. The molecule has 3 rings (SSSR count). The van der Waals surface area contributed by atoms with Crippen molar-refractivity contribution in [3.05, 3.63) is 32.4 Å². The highest BCUT2D eigenvalue weighted by atomic mass is 32.1. The Morgan fingerprint density at radius 3 is 2.94 bits per heavy atom. The molecule has 0 spiro atoms. The van der Waals surface area contributed by atoms with Gasteiger partial charge < -0.3 is 5.32 Å². The van der Waals surface area contributed by atoms with Crippen molar-refractivity contribution in [2.24, 2.45) is 0 Å². The summed E-state index contributed by atoms with van der Waals surface area (Å²) < 4.78 is 0. The van der Waals surface area contributed by atoms with E-state index in [-0.39, 0.29) is 0 Å². The summed E-state index contributed by atoms with van der Waals surface area (Å²) in [6, 6.07) is 2.89. The minimum Gasteiger partial charge on any atom is -0.308 e. The van der Waals surface area contributed by atoms with E-state index in [1.807, 2.05) is 0 Å². The summed E-state index contributed by atoms with van der Waals surface area (Å²) in [5.74, 6) is 0. The summed E-state index contributed by atoms with van der Waals surface area (Å²) in [7, 11) is 0. The van der Waals surface area contributed by atoms with Crippen molar-refractivity contribution in [2.75, 3.05) is 0 Å². The molecule has 2 aromatic heterocycles. The predicted molar refractivity (Wildman–Crippen MR) is 66.9 cm³/mol. The van der Waals surface area contributed by atoms with Crippen LogP contribution >= 0.6 is 22.7 Å². The minimum atomic E-state index is 0.740. The smallest absolute Gasteiger partial charge is 0.131 e. The van der Waals surface area contributed by atoms with Gasteiger partial charge in [-0.1, -0.05) is 11.3 Å². The van der Waals surface area contributed by atoms with Gasteiger partial charge in [0.2, 0.25) is 0 Å². The van der Waals surface area contributed by atoms with Crippen molar-refractivity contribution in [1.82, 2.24) is 15.5 Å². The van der Waals surface area contributed by atoms with Crippen LogP contribution in [0.2, 0.25) is 0 Å². The summed E-state index contributed by atoms with van der Waals surface area (Å²) in [6.07, 6.45) is 3.56. The molecule has 0 atom stereocenters. The molecule has 3 nitrogen and oxygen atoms in total. The lowest BCUT2D eigenvalue weighted by atomic mass is 10.3. The van der Waals surface area contributed by atoms with Crippen LogP contribution in [0.4, 0.5) is 0 Å². The molecule has 0 radical (unpaired) electrons. The zero-order chi connectivity index (χ0) is 10.8. The number of hydrogen-bond donors (Lipinski definition) is 1. The topological polar surface area (TPSA) is 37.8 Å². The second-order valence-electron chi connectivity index (χ2n) is 4.05. The number of rotatable bonds is 5. The third-order valence-electron chi connectivity index (χ3n) is 2.56. The second kappa shape index (κ2) is 4.61. The first kappa shape index (κ1) is 10.4. The molecule has 1 aliphatic carbocycles. The monoisotopic (exact) mass is 251 g/mol. The lowest BCUT2D eigenvalue weighted by Gasteiger charge is -1.95. The first-order valence-corrected chi connectivity index (χ1v) is 7.22. The van der Waals surface area contributed by atoms with Gasteiger partial charge in [0.1, 0.15) is 10.0 Å². The Morgan fingerprint density at radius 2 is 2.19 bits per heavy atom. The first-order chi connectivity index (χ1) is 7.90. The third-order valence-corrected chi connectivity index (χ3v) is 4.22. The van der Waals surface area contributed by atoms with Crippen LogP contribution in [-0.2, 0) is 13.0 Å². The zero-order valence-electron chi connectivity index (χ0n) is 8.85. The van der Waals surface area contributed by atoms with Gasteiger partial charge in [-0.3, -0.25) is 0 Å². The fourth-order valence-electron chi connectivity index (χ4n) is 1.52. The normalized spacial score (nSPS) is 15.5. The lowest BCUT2D eigenvalue weighted by molar-refractivity contribution is 0.678. The first-order valence-electron chi connectivity index (χ1n) is 5.46. The van der Waals surface area contributed by atoms with E-state index in [0.717, 1.165) is 29.0 Å². The van der Waals surface area contributed by atoms with Crippen molar-refractivity contribution in [1.29, 1.82) is 0 Å². The molecule has 2 aromatic rings. The Morgan fingerprint density at radius 1 is 1.31 bits per heavy atom. The van der Waals surface area contributed by atoms with Crippen LogP contribution in [0.3, 0.4) is 0 Å².